The van der Waals surface area contributed by atoms with Crippen LogP contribution in [-0.2, 0) is 18.4 Å². The molecule has 0 radical (unpaired) electrons. The molecule has 106 valence electrons. The molecule has 5 nitrogen and oxygen atoms in total. The highest BCUT2D eigenvalue weighted by Gasteiger charge is 2.18. The zero-order chi connectivity index (χ0) is 14.9. The Labute approximate surface area is 119 Å². The Kier molecular flexibility index (Phi) is 4.06. The van der Waals surface area contributed by atoms with Crippen LogP contribution in [0.4, 0.5) is 4.39 Å². The zero-order valence-corrected chi connectivity index (χ0v) is 11.6. The Bertz CT molecular complexity index is 670. The number of hydrogen-bond donors (Lipinski definition) is 1. The molecule has 0 unspecified atom stereocenters. The molecule has 0 saturated heterocycles. The van der Waals surface area contributed by atoms with Crippen molar-refractivity contribution in [3.05, 3.63) is 40.3 Å². The third-order valence-corrected chi connectivity index (χ3v) is 3.05. The molecular formula is C13H12ClFN2O3. The first kappa shape index (κ1) is 14.5. The van der Waals surface area contributed by atoms with E-state index in [4.69, 9.17) is 21.4 Å². The van der Waals surface area contributed by atoms with Crippen LogP contribution in [0.2, 0.25) is 5.02 Å². The first-order chi connectivity index (χ1) is 9.43. The van der Waals surface area contributed by atoms with E-state index in [2.05, 4.69) is 5.10 Å². The van der Waals surface area contributed by atoms with Gasteiger partial charge in [0.15, 0.2) is 11.5 Å². The highest BCUT2D eigenvalue weighted by molar-refractivity contribution is 6.31. The van der Waals surface area contributed by atoms with Crippen LogP contribution < -0.4 is 0 Å². The summed E-state index contributed by atoms with van der Waals surface area (Å²) in [6.07, 6.45) is 0. The summed E-state index contributed by atoms with van der Waals surface area (Å²) in [5.41, 5.74) is 1.05. The summed E-state index contributed by atoms with van der Waals surface area (Å²) < 4.78 is 20.4. The molecule has 1 heterocycles. The van der Waals surface area contributed by atoms with Crippen LogP contribution in [0.3, 0.4) is 0 Å². The zero-order valence-electron chi connectivity index (χ0n) is 10.9. The number of carboxylic acids is 1. The predicted molar refractivity (Wildman–Crippen MR) is 71.3 cm³/mol. The maximum atomic E-state index is 14.1. The molecule has 0 aliphatic rings. The Balaban J connectivity index is 2.59. The SMILES string of the molecule is COCc1cc(Cl)c(F)c(-c2cc(C(=O)O)nn2C)c1. The molecule has 0 bridgehead atoms. The number of ether oxygens (including phenoxy) is 1. The van der Waals surface area contributed by atoms with Crippen molar-refractivity contribution in [2.24, 2.45) is 7.05 Å². The maximum absolute atomic E-state index is 14.1. The quantitative estimate of drug-likeness (QED) is 0.942. The fourth-order valence-corrected chi connectivity index (χ4v) is 2.15. The Morgan fingerprint density at radius 2 is 2.20 bits per heavy atom. The minimum Gasteiger partial charge on any atom is -0.476 e. The number of methoxy groups -OCH3 is 1. The summed E-state index contributed by atoms with van der Waals surface area (Å²) in [6, 6.07) is 4.33. The van der Waals surface area contributed by atoms with E-state index in [0.29, 0.717) is 11.3 Å². The van der Waals surface area contributed by atoms with E-state index in [9.17, 15) is 9.18 Å². The van der Waals surface area contributed by atoms with Crippen molar-refractivity contribution in [3.8, 4) is 11.3 Å². The highest BCUT2D eigenvalue weighted by Crippen LogP contribution is 2.30. The Morgan fingerprint density at radius 1 is 1.50 bits per heavy atom. The minimum atomic E-state index is -1.17. The number of aromatic carboxylic acids is 1. The van der Waals surface area contributed by atoms with Crippen LogP contribution in [0.1, 0.15) is 16.1 Å². The lowest BCUT2D eigenvalue weighted by Crippen LogP contribution is -2.00. The van der Waals surface area contributed by atoms with Gasteiger partial charge in [-0.15, -0.1) is 0 Å². The number of carbonyl (C=O) groups is 1. The van der Waals surface area contributed by atoms with Crippen molar-refractivity contribution >= 4 is 17.6 Å². The Hall–Kier alpha value is -1.92. The number of rotatable bonds is 4. The summed E-state index contributed by atoms with van der Waals surface area (Å²) in [5, 5.41) is 12.7. The van der Waals surface area contributed by atoms with Crippen molar-refractivity contribution in [1.29, 1.82) is 0 Å². The van der Waals surface area contributed by atoms with Crippen molar-refractivity contribution < 1.29 is 19.0 Å². The molecule has 1 aromatic heterocycles. The van der Waals surface area contributed by atoms with Crippen LogP contribution in [0.5, 0.6) is 0 Å². The maximum Gasteiger partial charge on any atom is 0.356 e. The van der Waals surface area contributed by atoms with Crippen molar-refractivity contribution in [2.45, 2.75) is 6.61 Å². The van der Waals surface area contributed by atoms with E-state index >= 15 is 0 Å². The summed E-state index contributed by atoms with van der Waals surface area (Å²) >= 11 is 5.85. The fourth-order valence-electron chi connectivity index (χ4n) is 1.91. The number of carboxylic acid groups (broad SMARTS) is 1. The lowest BCUT2D eigenvalue weighted by Gasteiger charge is -2.08. The van der Waals surface area contributed by atoms with E-state index < -0.39 is 11.8 Å². The average molecular weight is 299 g/mol. The molecule has 0 atom stereocenters. The van der Waals surface area contributed by atoms with Gasteiger partial charge in [-0.3, -0.25) is 4.68 Å². The lowest BCUT2D eigenvalue weighted by atomic mass is 10.1. The highest BCUT2D eigenvalue weighted by atomic mass is 35.5. The van der Waals surface area contributed by atoms with E-state index in [1.54, 1.807) is 6.07 Å². The van der Waals surface area contributed by atoms with Gasteiger partial charge in [0.05, 0.1) is 17.3 Å². The van der Waals surface area contributed by atoms with Gasteiger partial charge in [0.1, 0.15) is 0 Å². The van der Waals surface area contributed by atoms with Gasteiger partial charge < -0.3 is 9.84 Å². The second-order valence-corrected chi connectivity index (χ2v) is 4.62. The number of halogens is 2. The number of aromatic nitrogens is 2. The van der Waals surface area contributed by atoms with Gasteiger partial charge >= 0.3 is 5.97 Å². The molecule has 0 fully saturated rings. The largest absolute Gasteiger partial charge is 0.476 e. The van der Waals surface area contributed by atoms with Gasteiger partial charge in [-0.05, 0) is 23.8 Å². The third kappa shape index (κ3) is 2.66. The number of aryl methyl sites for hydroxylation is 1. The summed E-state index contributed by atoms with van der Waals surface area (Å²) in [5.74, 6) is -1.79. The molecule has 1 N–H and O–H groups in total. The van der Waals surface area contributed by atoms with Crippen molar-refractivity contribution in [3.63, 3.8) is 0 Å². The van der Waals surface area contributed by atoms with E-state index in [0.717, 1.165) is 0 Å². The van der Waals surface area contributed by atoms with E-state index in [1.165, 1.54) is 31.0 Å². The molecule has 2 rings (SSSR count). The predicted octanol–water partition coefficient (Wildman–Crippen LogP) is 2.72. The first-order valence-electron chi connectivity index (χ1n) is 5.68. The van der Waals surface area contributed by atoms with Crippen LogP contribution in [-0.4, -0.2) is 28.0 Å². The smallest absolute Gasteiger partial charge is 0.356 e. The molecule has 0 saturated carbocycles. The van der Waals surface area contributed by atoms with Gasteiger partial charge in [-0.2, -0.15) is 5.10 Å². The topological polar surface area (TPSA) is 64.3 Å². The van der Waals surface area contributed by atoms with Crippen LogP contribution in [0, 0.1) is 5.82 Å². The van der Waals surface area contributed by atoms with Gasteiger partial charge in [0.2, 0.25) is 0 Å². The standard InChI is InChI=1S/C13H12ClFN2O3/c1-17-11(5-10(16-17)13(18)19)8-3-7(6-20-2)4-9(14)12(8)15/h3-5H,6H2,1-2H3,(H,18,19). The second kappa shape index (κ2) is 5.60. The average Bonchev–Trinajstić information content (AvgIpc) is 2.76. The number of hydrogen-bond acceptors (Lipinski definition) is 3. The lowest BCUT2D eigenvalue weighted by molar-refractivity contribution is 0.0689. The molecule has 1 aromatic carbocycles. The van der Waals surface area contributed by atoms with Crippen LogP contribution in [0.15, 0.2) is 18.2 Å². The number of nitrogens with zero attached hydrogens (tertiary/aromatic N) is 2. The molecule has 0 aliphatic carbocycles. The van der Waals surface area contributed by atoms with Gasteiger partial charge in [0.25, 0.3) is 0 Å². The van der Waals surface area contributed by atoms with Crippen LogP contribution >= 0.6 is 11.6 Å². The van der Waals surface area contributed by atoms with Gasteiger partial charge in [0, 0.05) is 19.7 Å². The first-order valence-corrected chi connectivity index (χ1v) is 6.06. The van der Waals surface area contributed by atoms with Crippen LogP contribution in [0.25, 0.3) is 11.3 Å². The molecule has 0 aliphatic heterocycles. The summed E-state index contributed by atoms with van der Waals surface area (Å²) in [6.45, 7) is 0.274. The monoisotopic (exact) mass is 298 g/mol. The molecule has 2 aromatic rings. The van der Waals surface area contributed by atoms with Gasteiger partial charge in [-0.25, -0.2) is 9.18 Å². The van der Waals surface area contributed by atoms with E-state index in [1.807, 2.05) is 0 Å². The normalized spacial score (nSPS) is 10.8. The second-order valence-electron chi connectivity index (χ2n) is 4.22. The molecule has 0 spiro atoms. The summed E-state index contributed by atoms with van der Waals surface area (Å²) in [7, 11) is 3.06. The molecule has 0 amide bonds. The molecule has 7 heteroatoms. The van der Waals surface area contributed by atoms with Crippen molar-refractivity contribution in [1.82, 2.24) is 9.78 Å². The summed E-state index contributed by atoms with van der Waals surface area (Å²) in [4.78, 5) is 10.9. The van der Waals surface area contributed by atoms with E-state index in [-0.39, 0.29) is 22.9 Å². The Morgan fingerprint density at radius 3 is 2.75 bits per heavy atom. The molecular weight excluding hydrogens is 287 g/mol. The van der Waals surface area contributed by atoms with Crippen molar-refractivity contribution in [2.75, 3.05) is 7.11 Å². The van der Waals surface area contributed by atoms with Gasteiger partial charge in [-0.1, -0.05) is 11.6 Å². The molecule has 20 heavy (non-hydrogen) atoms. The minimum absolute atomic E-state index is 0.0485. The fraction of sp³-hybridized carbons (Fsp3) is 0.231. The third-order valence-electron chi connectivity index (χ3n) is 2.77. The number of benzene rings is 1.